The Morgan fingerprint density at radius 2 is 2.28 bits per heavy atom. The number of nitro groups is 1. The predicted molar refractivity (Wildman–Crippen MR) is 60.0 cm³/mol. The minimum absolute atomic E-state index is 0.0837. The number of tetrazole rings is 1. The summed E-state index contributed by atoms with van der Waals surface area (Å²) in [6.45, 7) is 1.72. The molecule has 1 amide bonds. The summed E-state index contributed by atoms with van der Waals surface area (Å²) >= 11 is 0. The van der Waals surface area contributed by atoms with Gasteiger partial charge in [-0.05, 0) is 23.8 Å². The minimum Gasteiger partial charge on any atom is -0.313 e. The number of benzene rings is 1. The highest BCUT2D eigenvalue weighted by Crippen LogP contribution is 2.25. The summed E-state index contributed by atoms with van der Waals surface area (Å²) < 4.78 is 0. The molecule has 0 fully saturated rings. The molecule has 9 nitrogen and oxygen atoms in total. The number of carbonyl (C=O) groups excluding carboxylic acids is 1. The van der Waals surface area contributed by atoms with Crippen LogP contribution in [0.5, 0.6) is 0 Å². The molecule has 0 aliphatic carbocycles. The predicted octanol–water partition coefficient (Wildman–Crippen LogP) is 0.669. The maximum atomic E-state index is 11.6. The van der Waals surface area contributed by atoms with E-state index in [1.54, 1.807) is 13.0 Å². The second-order valence-electron chi connectivity index (χ2n) is 3.47. The molecule has 0 aliphatic rings. The van der Waals surface area contributed by atoms with E-state index >= 15 is 0 Å². The lowest BCUT2D eigenvalue weighted by Gasteiger charge is -2.04. The number of nitrogens with one attached hydrogen (secondary N) is 2. The second kappa shape index (κ2) is 4.57. The molecular weight excluding hydrogens is 240 g/mol. The normalized spacial score (nSPS) is 10.1. The number of amides is 1. The van der Waals surface area contributed by atoms with Crippen LogP contribution in [0.25, 0.3) is 0 Å². The third-order valence-electron chi connectivity index (χ3n) is 2.15. The van der Waals surface area contributed by atoms with Crippen LogP contribution in [0.4, 0.5) is 11.4 Å². The molecular formula is C9H8N6O3. The summed E-state index contributed by atoms with van der Waals surface area (Å²) in [5.41, 5.74) is 0.617. The Kier molecular flexibility index (Phi) is 2.96. The Hall–Kier alpha value is -2.84. The van der Waals surface area contributed by atoms with Crippen molar-refractivity contribution in [3.63, 3.8) is 0 Å². The zero-order valence-corrected chi connectivity index (χ0v) is 9.25. The number of aryl methyl sites for hydroxylation is 1. The van der Waals surface area contributed by atoms with Gasteiger partial charge in [0.1, 0.15) is 5.69 Å². The topological polar surface area (TPSA) is 127 Å². The van der Waals surface area contributed by atoms with Crippen molar-refractivity contribution >= 4 is 17.3 Å². The molecule has 2 rings (SSSR count). The quantitative estimate of drug-likeness (QED) is 0.607. The standard InChI is InChI=1S/C9H8N6O3/c1-5-2-3-6(7(4-5)15(17)18)10-9(16)8-11-13-14-12-8/h2-4H,1H3,(H,10,16)(H,11,12,13,14). The molecule has 0 unspecified atom stereocenters. The summed E-state index contributed by atoms with van der Waals surface area (Å²) in [7, 11) is 0. The maximum absolute atomic E-state index is 11.6. The van der Waals surface area contributed by atoms with E-state index in [1.165, 1.54) is 12.1 Å². The van der Waals surface area contributed by atoms with Crippen molar-refractivity contribution in [1.29, 1.82) is 0 Å². The van der Waals surface area contributed by atoms with E-state index in [1.807, 2.05) is 0 Å². The van der Waals surface area contributed by atoms with Gasteiger partial charge in [-0.25, -0.2) is 0 Å². The molecule has 0 saturated carbocycles. The average Bonchev–Trinajstić information content (AvgIpc) is 2.84. The third-order valence-corrected chi connectivity index (χ3v) is 2.15. The number of anilines is 1. The Morgan fingerprint density at radius 1 is 1.50 bits per heavy atom. The zero-order chi connectivity index (χ0) is 13.1. The number of H-pyrrole nitrogens is 1. The Labute approximate surface area is 100 Å². The number of carbonyl (C=O) groups is 1. The van der Waals surface area contributed by atoms with E-state index in [-0.39, 0.29) is 17.2 Å². The zero-order valence-electron chi connectivity index (χ0n) is 9.25. The van der Waals surface area contributed by atoms with Gasteiger partial charge in [-0.1, -0.05) is 6.07 Å². The van der Waals surface area contributed by atoms with Gasteiger partial charge in [0.05, 0.1) is 4.92 Å². The summed E-state index contributed by atoms with van der Waals surface area (Å²) in [6.07, 6.45) is 0. The summed E-state index contributed by atoms with van der Waals surface area (Å²) in [4.78, 5) is 21.9. The van der Waals surface area contributed by atoms with Crippen molar-refractivity contribution in [2.24, 2.45) is 0 Å². The van der Waals surface area contributed by atoms with Crippen LogP contribution < -0.4 is 5.32 Å². The molecule has 9 heteroatoms. The fourth-order valence-corrected chi connectivity index (χ4v) is 1.33. The van der Waals surface area contributed by atoms with Crippen LogP contribution in [0.3, 0.4) is 0 Å². The summed E-state index contributed by atoms with van der Waals surface area (Å²) in [5.74, 6) is -0.861. The molecule has 0 saturated heterocycles. The maximum Gasteiger partial charge on any atom is 0.297 e. The van der Waals surface area contributed by atoms with Gasteiger partial charge in [0.2, 0.25) is 0 Å². The Morgan fingerprint density at radius 3 is 2.89 bits per heavy atom. The minimum atomic E-state index is -0.671. The number of rotatable bonds is 3. The van der Waals surface area contributed by atoms with Crippen LogP contribution in [0.15, 0.2) is 18.2 Å². The first-order chi connectivity index (χ1) is 8.58. The van der Waals surface area contributed by atoms with Crippen molar-refractivity contribution in [3.8, 4) is 0 Å². The number of hydrogen-bond acceptors (Lipinski definition) is 6. The molecule has 1 heterocycles. The fourth-order valence-electron chi connectivity index (χ4n) is 1.33. The summed E-state index contributed by atoms with van der Waals surface area (Å²) in [5, 5.41) is 25.5. The molecule has 92 valence electrons. The first-order valence-corrected chi connectivity index (χ1v) is 4.88. The lowest BCUT2D eigenvalue weighted by atomic mass is 10.2. The van der Waals surface area contributed by atoms with E-state index in [9.17, 15) is 14.9 Å². The van der Waals surface area contributed by atoms with E-state index in [2.05, 4.69) is 25.9 Å². The van der Waals surface area contributed by atoms with Crippen molar-refractivity contribution in [2.45, 2.75) is 6.92 Å². The molecule has 0 radical (unpaired) electrons. The van der Waals surface area contributed by atoms with Crippen molar-refractivity contribution in [1.82, 2.24) is 20.6 Å². The van der Waals surface area contributed by atoms with Gasteiger partial charge in [-0.3, -0.25) is 14.9 Å². The van der Waals surface area contributed by atoms with Gasteiger partial charge in [0.15, 0.2) is 0 Å². The van der Waals surface area contributed by atoms with E-state index in [4.69, 9.17) is 0 Å². The molecule has 1 aromatic carbocycles. The highest BCUT2D eigenvalue weighted by Gasteiger charge is 2.18. The van der Waals surface area contributed by atoms with Crippen LogP contribution in [-0.2, 0) is 0 Å². The van der Waals surface area contributed by atoms with Crippen molar-refractivity contribution < 1.29 is 9.72 Å². The third kappa shape index (κ3) is 2.29. The Balaban J connectivity index is 2.29. The largest absolute Gasteiger partial charge is 0.313 e. The fraction of sp³-hybridized carbons (Fsp3) is 0.111. The smallest absolute Gasteiger partial charge is 0.297 e. The Bertz CT molecular complexity index is 594. The molecule has 2 aromatic rings. The number of aromatic nitrogens is 4. The monoisotopic (exact) mass is 248 g/mol. The van der Waals surface area contributed by atoms with Crippen molar-refractivity contribution in [2.75, 3.05) is 5.32 Å². The van der Waals surface area contributed by atoms with E-state index in [0.717, 1.165) is 5.56 Å². The van der Waals surface area contributed by atoms with Gasteiger partial charge in [-0.15, -0.1) is 10.2 Å². The van der Waals surface area contributed by atoms with Gasteiger partial charge in [-0.2, -0.15) is 5.21 Å². The summed E-state index contributed by atoms with van der Waals surface area (Å²) in [6, 6.07) is 4.47. The van der Waals surface area contributed by atoms with Gasteiger partial charge in [0, 0.05) is 6.07 Å². The number of nitro benzene ring substituents is 1. The number of nitrogens with zero attached hydrogens (tertiary/aromatic N) is 4. The highest BCUT2D eigenvalue weighted by atomic mass is 16.6. The van der Waals surface area contributed by atoms with Gasteiger partial charge in [0.25, 0.3) is 17.4 Å². The number of aromatic amines is 1. The average molecular weight is 248 g/mol. The number of hydrogen-bond donors (Lipinski definition) is 2. The van der Waals surface area contributed by atoms with Gasteiger partial charge < -0.3 is 5.32 Å². The lowest BCUT2D eigenvalue weighted by Crippen LogP contribution is -2.15. The highest BCUT2D eigenvalue weighted by molar-refractivity contribution is 6.02. The first kappa shape index (κ1) is 11.6. The van der Waals surface area contributed by atoms with Gasteiger partial charge >= 0.3 is 0 Å². The van der Waals surface area contributed by atoms with Crippen molar-refractivity contribution in [3.05, 3.63) is 39.7 Å². The molecule has 2 N–H and O–H groups in total. The molecule has 1 aromatic heterocycles. The molecule has 0 atom stereocenters. The van der Waals surface area contributed by atoms with Crippen LogP contribution in [0.1, 0.15) is 16.2 Å². The van der Waals surface area contributed by atoms with Crippen LogP contribution >= 0.6 is 0 Å². The second-order valence-corrected chi connectivity index (χ2v) is 3.47. The van der Waals surface area contributed by atoms with Crippen LogP contribution in [0.2, 0.25) is 0 Å². The van der Waals surface area contributed by atoms with E-state index < -0.39 is 10.8 Å². The molecule has 0 aliphatic heterocycles. The molecule has 18 heavy (non-hydrogen) atoms. The van der Waals surface area contributed by atoms with E-state index in [0.29, 0.717) is 0 Å². The molecule has 0 bridgehead atoms. The van der Waals surface area contributed by atoms with Crippen LogP contribution in [0, 0.1) is 17.0 Å². The van der Waals surface area contributed by atoms with Crippen LogP contribution in [-0.4, -0.2) is 31.5 Å². The molecule has 0 spiro atoms. The SMILES string of the molecule is Cc1ccc(NC(=O)c2nn[nH]n2)c([N+](=O)[O-])c1. The first-order valence-electron chi connectivity index (χ1n) is 4.88. The lowest BCUT2D eigenvalue weighted by molar-refractivity contribution is -0.384.